The van der Waals surface area contributed by atoms with E-state index in [-0.39, 0.29) is 23.6 Å². The Morgan fingerprint density at radius 2 is 2.00 bits per heavy atom. The van der Waals surface area contributed by atoms with Crippen LogP contribution in [0.25, 0.3) is 0 Å². The molecule has 2 heterocycles. The van der Waals surface area contributed by atoms with Crippen molar-refractivity contribution in [3.63, 3.8) is 0 Å². The van der Waals surface area contributed by atoms with Gasteiger partial charge in [0.05, 0.1) is 6.20 Å². The zero-order valence-electron chi connectivity index (χ0n) is 20.7. The first kappa shape index (κ1) is 27.2. The standard InChI is InChI=1S/C23H36N5O6P/c1-5-7-18(34-35(32)33)26-21(30)17-12-14-8-6-9-16(14)28(17)22(31)19(23(2,3)4)27-20(29)15-13-24-10-11-25-15/h10-11,13-14,16-19,35H,5-9,12H2,1-4H3,(H,26,30)(H,27,29)(H,32,33)/t14-,16-,17-,18+,19+/m0/s1. The van der Waals surface area contributed by atoms with Crippen LogP contribution in [0.15, 0.2) is 18.6 Å². The first-order valence-corrected chi connectivity index (χ1v) is 13.4. The molecule has 1 saturated heterocycles. The van der Waals surface area contributed by atoms with Gasteiger partial charge in [0, 0.05) is 18.4 Å². The number of nitrogens with zero attached hydrogens (tertiary/aromatic N) is 3. The third-order valence-corrected chi connectivity index (χ3v) is 7.16. The Morgan fingerprint density at radius 1 is 1.26 bits per heavy atom. The molecule has 2 aliphatic rings. The Bertz CT molecular complexity index is 940. The van der Waals surface area contributed by atoms with E-state index in [0.717, 1.165) is 19.3 Å². The molecule has 0 radical (unpaired) electrons. The van der Waals surface area contributed by atoms with Gasteiger partial charge in [-0.2, -0.15) is 0 Å². The van der Waals surface area contributed by atoms with E-state index >= 15 is 0 Å². The lowest BCUT2D eigenvalue weighted by Crippen LogP contribution is -2.60. The topological polar surface area (TPSA) is 151 Å². The Hall–Kier alpha value is -2.36. The van der Waals surface area contributed by atoms with Crippen molar-refractivity contribution in [1.82, 2.24) is 25.5 Å². The molecule has 3 rings (SSSR count). The van der Waals surface area contributed by atoms with Crippen LogP contribution in [0.2, 0.25) is 0 Å². The molecule has 1 aromatic rings. The summed E-state index contributed by atoms with van der Waals surface area (Å²) in [5.74, 6) is -1.07. The average molecular weight is 510 g/mol. The number of fused-ring (bicyclic) bond motifs is 1. The molecular formula is C23H36N5O6P. The molecule has 3 amide bonds. The predicted octanol–water partition coefficient (Wildman–Crippen LogP) is 2.03. The van der Waals surface area contributed by atoms with Gasteiger partial charge >= 0.3 is 8.25 Å². The van der Waals surface area contributed by atoms with Crippen LogP contribution in [-0.2, 0) is 18.7 Å². The van der Waals surface area contributed by atoms with Gasteiger partial charge in [0.25, 0.3) is 5.91 Å². The zero-order chi connectivity index (χ0) is 25.8. The Labute approximate surface area is 206 Å². The highest BCUT2D eigenvalue weighted by molar-refractivity contribution is 7.32. The number of aromatic nitrogens is 2. The highest BCUT2D eigenvalue weighted by atomic mass is 31.1. The lowest BCUT2D eigenvalue weighted by Gasteiger charge is -2.38. The molecule has 1 unspecified atom stereocenters. The summed E-state index contributed by atoms with van der Waals surface area (Å²) >= 11 is 0. The number of amides is 3. The fraction of sp³-hybridized carbons (Fsp3) is 0.696. The lowest BCUT2D eigenvalue weighted by molar-refractivity contribution is -0.145. The molecule has 0 aromatic carbocycles. The number of hydrogen-bond acceptors (Lipinski definition) is 7. The molecule has 1 aromatic heterocycles. The van der Waals surface area contributed by atoms with E-state index < -0.39 is 43.8 Å². The third kappa shape index (κ3) is 6.65. The summed E-state index contributed by atoms with van der Waals surface area (Å²) in [6, 6.07) is -1.75. The van der Waals surface area contributed by atoms with Gasteiger partial charge in [-0.25, -0.2) is 4.98 Å². The fourth-order valence-corrected chi connectivity index (χ4v) is 5.48. The van der Waals surface area contributed by atoms with E-state index in [1.54, 1.807) is 4.90 Å². The lowest BCUT2D eigenvalue weighted by atomic mass is 9.85. The van der Waals surface area contributed by atoms with Crippen molar-refractivity contribution in [3.05, 3.63) is 24.3 Å². The SMILES string of the molecule is CCC[C@H](NC(=O)[C@@H]1C[C@@H]2CCC[C@@H]2N1C(=O)[C@@H](NC(=O)c1cnccn1)C(C)(C)C)O[PH](=O)O. The van der Waals surface area contributed by atoms with Crippen LogP contribution >= 0.6 is 8.25 Å². The van der Waals surface area contributed by atoms with Crippen molar-refractivity contribution < 1.29 is 28.4 Å². The van der Waals surface area contributed by atoms with E-state index in [4.69, 9.17) is 4.52 Å². The Kier molecular flexibility index (Phi) is 9.01. The summed E-state index contributed by atoms with van der Waals surface area (Å²) in [5, 5.41) is 5.53. The molecule has 3 N–H and O–H groups in total. The van der Waals surface area contributed by atoms with Gasteiger partial charge in [-0.05, 0) is 37.0 Å². The van der Waals surface area contributed by atoms with Crippen molar-refractivity contribution >= 4 is 26.0 Å². The van der Waals surface area contributed by atoms with Gasteiger partial charge < -0.3 is 20.4 Å². The second-order valence-electron chi connectivity index (χ2n) is 10.3. The number of likely N-dealkylation sites (tertiary alicyclic amines) is 1. The summed E-state index contributed by atoms with van der Waals surface area (Å²) in [4.78, 5) is 58.9. The third-order valence-electron chi connectivity index (χ3n) is 6.68. The van der Waals surface area contributed by atoms with E-state index in [2.05, 4.69) is 20.6 Å². The molecule has 1 aliphatic carbocycles. The summed E-state index contributed by atoms with van der Waals surface area (Å²) < 4.78 is 16.2. The molecule has 0 spiro atoms. The highest BCUT2D eigenvalue weighted by Gasteiger charge is 2.51. The van der Waals surface area contributed by atoms with Crippen molar-refractivity contribution in [1.29, 1.82) is 0 Å². The second kappa shape index (κ2) is 11.6. The van der Waals surface area contributed by atoms with Crippen LogP contribution in [0.3, 0.4) is 0 Å². The summed E-state index contributed by atoms with van der Waals surface area (Å²) in [6.07, 6.45) is 7.47. The highest BCUT2D eigenvalue weighted by Crippen LogP contribution is 2.42. The van der Waals surface area contributed by atoms with E-state index in [1.807, 2.05) is 27.7 Å². The Balaban J connectivity index is 1.85. The van der Waals surface area contributed by atoms with Crippen LogP contribution in [0.1, 0.15) is 76.7 Å². The molecule has 1 aliphatic heterocycles. The van der Waals surface area contributed by atoms with E-state index in [0.29, 0.717) is 19.3 Å². The Morgan fingerprint density at radius 3 is 2.60 bits per heavy atom. The van der Waals surface area contributed by atoms with Crippen LogP contribution in [0.5, 0.6) is 0 Å². The number of nitrogens with one attached hydrogen (secondary N) is 2. The first-order valence-electron chi connectivity index (χ1n) is 12.1. The molecular weight excluding hydrogens is 473 g/mol. The summed E-state index contributed by atoms with van der Waals surface area (Å²) in [7, 11) is -3.24. The summed E-state index contributed by atoms with van der Waals surface area (Å²) in [5.41, 5.74) is -0.542. The number of rotatable bonds is 9. The smallest absolute Gasteiger partial charge is 0.318 e. The molecule has 0 bridgehead atoms. The zero-order valence-corrected chi connectivity index (χ0v) is 21.7. The van der Waals surface area contributed by atoms with Gasteiger partial charge in [-0.15, -0.1) is 0 Å². The maximum atomic E-state index is 14.0. The number of carbonyl (C=O) groups excluding carboxylic acids is 3. The fourth-order valence-electron chi connectivity index (χ4n) is 5.06. The van der Waals surface area contributed by atoms with Gasteiger partial charge in [0.1, 0.15) is 24.0 Å². The first-order chi connectivity index (χ1) is 16.5. The second-order valence-corrected chi connectivity index (χ2v) is 11.1. The maximum Gasteiger partial charge on any atom is 0.318 e. The maximum absolute atomic E-state index is 14.0. The van der Waals surface area contributed by atoms with Gasteiger partial charge in [0.15, 0.2) is 0 Å². The van der Waals surface area contributed by atoms with Crippen molar-refractivity contribution in [2.24, 2.45) is 11.3 Å². The van der Waals surface area contributed by atoms with Crippen molar-refractivity contribution in [3.8, 4) is 0 Å². The number of carbonyl (C=O) groups is 3. The van der Waals surface area contributed by atoms with Crippen molar-refractivity contribution in [2.45, 2.75) is 90.6 Å². The molecule has 194 valence electrons. The van der Waals surface area contributed by atoms with Crippen molar-refractivity contribution in [2.75, 3.05) is 0 Å². The predicted molar refractivity (Wildman–Crippen MR) is 128 cm³/mol. The largest absolute Gasteiger partial charge is 0.338 e. The minimum Gasteiger partial charge on any atom is -0.338 e. The van der Waals surface area contributed by atoms with Crippen LogP contribution < -0.4 is 10.6 Å². The van der Waals surface area contributed by atoms with Gasteiger partial charge in [0.2, 0.25) is 11.8 Å². The molecule has 1 saturated carbocycles. The summed E-state index contributed by atoms with van der Waals surface area (Å²) in [6.45, 7) is 7.44. The molecule has 6 atom stereocenters. The molecule has 2 fully saturated rings. The quantitative estimate of drug-likeness (QED) is 0.338. The minimum absolute atomic E-state index is 0.0981. The minimum atomic E-state index is -3.24. The monoisotopic (exact) mass is 509 g/mol. The average Bonchev–Trinajstić information content (AvgIpc) is 3.38. The van der Waals surface area contributed by atoms with Crippen LogP contribution in [0.4, 0.5) is 0 Å². The van der Waals surface area contributed by atoms with Gasteiger partial charge in [-0.3, -0.25) is 28.5 Å². The normalized spacial score (nSPS) is 24.4. The van der Waals surface area contributed by atoms with Crippen LogP contribution in [0, 0.1) is 11.3 Å². The van der Waals surface area contributed by atoms with Crippen LogP contribution in [-0.4, -0.2) is 61.8 Å². The molecule has 35 heavy (non-hydrogen) atoms. The van der Waals surface area contributed by atoms with E-state index in [1.165, 1.54) is 18.6 Å². The number of hydrogen-bond donors (Lipinski definition) is 3. The van der Waals surface area contributed by atoms with Gasteiger partial charge in [-0.1, -0.05) is 40.5 Å². The molecule has 11 nitrogen and oxygen atoms in total. The molecule has 12 heteroatoms. The van der Waals surface area contributed by atoms with E-state index in [9.17, 15) is 23.8 Å².